The summed E-state index contributed by atoms with van der Waals surface area (Å²) in [5, 5.41) is 6.60. The van der Waals surface area contributed by atoms with Crippen molar-refractivity contribution < 1.29 is 4.74 Å². The SMILES string of the molecule is COCNCC1CCNCC1. The molecule has 0 unspecified atom stereocenters. The van der Waals surface area contributed by atoms with Crippen LogP contribution in [0.25, 0.3) is 0 Å². The number of hydrogen-bond acceptors (Lipinski definition) is 3. The predicted molar refractivity (Wildman–Crippen MR) is 45.5 cm³/mol. The smallest absolute Gasteiger partial charge is 0.0961 e. The minimum Gasteiger partial charge on any atom is -0.370 e. The van der Waals surface area contributed by atoms with E-state index in [0.717, 1.165) is 12.5 Å². The molecule has 0 amide bonds. The molecule has 0 aromatic heterocycles. The zero-order valence-corrected chi connectivity index (χ0v) is 7.23. The Labute approximate surface area is 68.5 Å². The summed E-state index contributed by atoms with van der Waals surface area (Å²) in [6.07, 6.45) is 2.60. The molecule has 0 aromatic carbocycles. The lowest BCUT2D eigenvalue weighted by molar-refractivity contribution is 0.167. The quantitative estimate of drug-likeness (QED) is 0.452. The van der Waals surface area contributed by atoms with Gasteiger partial charge in [-0.1, -0.05) is 0 Å². The summed E-state index contributed by atoms with van der Waals surface area (Å²) in [6.45, 7) is 4.15. The second-order valence-electron chi connectivity index (χ2n) is 3.08. The van der Waals surface area contributed by atoms with E-state index in [-0.39, 0.29) is 0 Å². The summed E-state index contributed by atoms with van der Waals surface area (Å²) in [5.74, 6) is 0.853. The summed E-state index contributed by atoms with van der Waals surface area (Å²) in [7, 11) is 1.72. The predicted octanol–water partition coefficient (Wildman–Crippen LogP) is 0.179. The maximum atomic E-state index is 4.91. The molecule has 0 bridgehead atoms. The second-order valence-corrected chi connectivity index (χ2v) is 3.08. The molecule has 3 heteroatoms. The number of nitrogens with one attached hydrogen (secondary N) is 2. The van der Waals surface area contributed by atoms with Gasteiger partial charge in [0.05, 0.1) is 6.73 Å². The van der Waals surface area contributed by atoms with Gasteiger partial charge < -0.3 is 10.1 Å². The van der Waals surface area contributed by atoms with Gasteiger partial charge in [-0.3, -0.25) is 5.32 Å². The molecule has 1 rings (SSSR count). The highest BCUT2D eigenvalue weighted by molar-refractivity contribution is 4.69. The zero-order chi connectivity index (χ0) is 7.94. The molecule has 11 heavy (non-hydrogen) atoms. The first-order chi connectivity index (χ1) is 5.43. The lowest BCUT2D eigenvalue weighted by atomic mass is 9.98. The van der Waals surface area contributed by atoms with Crippen molar-refractivity contribution >= 4 is 0 Å². The van der Waals surface area contributed by atoms with E-state index in [0.29, 0.717) is 6.73 Å². The van der Waals surface area contributed by atoms with E-state index in [1.165, 1.54) is 25.9 Å². The van der Waals surface area contributed by atoms with Crippen LogP contribution in [0.1, 0.15) is 12.8 Å². The molecule has 0 aromatic rings. The molecule has 1 saturated heterocycles. The van der Waals surface area contributed by atoms with Crippen molar-refractivity contribution in [2.75, 3.05) is 33.5 Å². The monoisotopic (exact) mass is 158 g/mol. The van der Waals surface area contributed by atoms with Crippen LogP contribution < -0.4 is 10.6 Å². The highest BCUT2D eigenvalue weighted by Crippen LogP contribution is 2.09. The molecule has 1 fully saturated rings. The van der Waals surface area contributed by atoms with Crippen LogP contribution in [0.15, 0.2) is 0 Å². The molecule has 0 spiro atoms. The molecular formula is C8H18N2O. The van der Waals surface area contributed by atoms with Gasteiger partial charge in [0.1, 0.15) is 0 Å². The molecule has 1 aliphatic rings. The van der Waals surface area contributed by atoms with Gasteiger partial charge in [-0.2, -0.15) is 0 Å². The van der Waals surface area contributed by atoms with E-state index in [2.05, 4.69) is 10.6 Å². The van der Waals surface area contributed by atoms with Crippen LogP contribution in [0.3, 0.4) is 0 Å². The average molecular weight is 158 g/mol. The van der Waals surface area contributed by atoms with E-state index in [1.54, 1.807) is 7.11 Å². The fourth-order valence-corrected chi connectivity index (χ4v) is 1.45. The van der Waals surface area contributed by atoms with Gasteiger partial charge in [0.2, 0.25) is 0 Å². The van der Waals surface area contributed by atoms with Crippen molar-refractivity contribution in [1.29, 1.82) is 0 Å². The lowest BCUT2D eigenvalue weighted by Gasteiger charge is -2.22. The Kier molecular flexibility index (Phi) is 4.50. The van der Waals surface area contributed by atoms with Crippen LogP contribution in [-0.2, 0) is 4.74 Å². The minimum atomic E-state index is 0.684. The van der Waals surface area contributed by atoms with Crippen LogP contribution in [0.4, 0.5) is 0 Å². The molecular weight excluding hydrogens is 140 g/mol. The number of hydrogen-bond donors (Lipinski definition) is 2. The maximum absolute atomic E-state index is 4.91. The van der Waals surface area contributed by atoms with Crippen LogP contribution in [0.2, 0.25) is 0 Å². The van der Waals surface area contributed by atoms with Crippen molar-refractivity contribution in [3.8, 4) is 0 Å². The summed E-state index contributed by atoms with van der Waals surface area (Å²) < 4.78 is 4.91. The molecule has 0 atom stereocenters. The number of rotatable bonds is 4. The Morgan fingerprint density at radius 1 is 1.45 bits per heavy atom. The Bertz CT molecular complexity index is 92.1. The number of piperidine rings is 1. The molecule has 1 heterocycles. The maximum Gasteiger partial charge on any atom is 0.0961 e. The molecule has 0 aliphatic carbocycles. The van der Waals surface area contributed by atoms with Crippen molar-refractivity contribution in [1.82, 2.24) is 10.6 Å². The van der Waals surface area contributed by atoms with E-state index in [9.17, 15) is 0 Å². The van der Waals surface area contributed by atoms with E-state index in [1.807, 2.05) is 0 Å². The van der Waals surface area contributed by atoms with Gasteiger partial charge in [-0.15, -0.1) is 0 Å². The van der Waals surface area contributed by atoms with Crippen LogP contribution >= 0.6 is 0 Å². The highest BCUT2D eigenvalue weighted by atomic mass is 16.5. The third-order valence-electron chi connectivity index (χ3n) is 2.14. The summed E-state index contributed by atoms with van der Waals surface area (Å²) in [4.78, 5) is 0. The van der Waals surface area contributed by atoms with Crippen molar-refractivity contribution in [2.45, 2.75) is 12.8 Å². The normalized spacial score (nSPS) is 20.5. The molecule has 66 valence electrons. The first-order valence-corrected chi connectivity index (χ1v) is 4.34. The molecule has 3 nitrogen and oxygen atoms in total. The van der Waals surface area contributed by atoms with Gasteiger partial charge in [0, 0.05) is 13.7 Å². The van der Waals surface area contributed by atoms with Crippen molar-refractivity contribution in [2.24, 2.45) is 5.92 Å². The third-order valence-corrected chi connectivity index (χ3v) is 2.14. The van der Waals surface area contributed by atoms with Crippen molar-refractivity contribution in [3.05, 3.63) is 0 Å². The lowest BCUT2D eigenvalue weighted by Crippen LogP contribution is -2.34. The van der Waals surface area contributed by atoms with Crippen molar-refractivity contribution in [3.63, 3.8) is 0 Å². The number of methoxy groups -OCH3 is 1. The Balaban J connectivity index is 1.96. The fourth-order valence-electron chi connectivity index (χ4n) is 1.45. The van der Waals surface area contributed by atoms with Gasteiger partial charge in [-0.05, 0) is 31.8 Å². The second kappa shape index (κ2) is 5.52. The fraction of sp³-hybridized carbons (Fsp3) is 1.00. The minimum absolute atomic E-state index is 0.684. The first kappa shape index (κ1) is 8.97. The van der Waals surface area contributed by atoms with Crippen LogP contribution in [0.5, 0.6) is 0 Å². The van der Waals surface area contributed by atoms with Gasteiger partial charge in [-0.25, -0.2) is 0 Å². The topological polar surface area (TPSA) is 33.3 Å². The van der Waals surface area contributed by atoms with Crippen LogP contribution in [0, 0.1) is 5.92 Å². The largest absolute Gasteiger partial charge is 0.370 e. The van der Waals surface area contributed by atoms with E-state index >= 15 is 0 Å². The van der Waals surface area contributed by atoms with Gasteiger partial charge >= 0.3 is 0 Å². The standard InChI is InChI=1S/C8H18N2O/c1-11-7-10-6-8-2-4-9-5-3-8/h8-10H,2-7H2,1H3. The average Bonchev–Trinajstić information content (AvgIpc) is 2.07. The van der Waals surface area contributed by atoms with Crippen LogP contribution in [-0.4, -0.2) is 33.5 Å². The Morgan fingerprint density at radius 3 is 2.82 bits per heavy atom. The molecule has 0 saturated carbocycles. The molecule has 0 radical (unpaired) electrons. The Hall–Kier alpha value is -0.120. The van der Waals surface area contributed by atoms with E-state index in [4.69, 9.17) is 4.74 Å². The summed E-state index contributed by atoms with van der Waals surface area (Å²) >= 11 is 0. The molecule has 2 N–H and O–H groups in total. The summed E-state index contributed by atoms with van der Waals surface area (Å²) in [6, 6.07) is 0. The Morgan fingerprint density at radius 2 is 2.18 bits per heavy atom. The zero-order valence-electron chi connectivity index (χ0n) is 7.23. The third kappa shape index (κ3) is 3.70. The number of ether oxygens (including phenoxy) is 1. The molecule has 1 aliphatic heterocycles. The van der Waals surface area contributed by atoms with E-state index < -0.39 is 0 Å². The van der Waals surface area contributed by atoms with Gasteiger partial charge in [0.15, 0.2) is 0 Å². The highest BCUT2D eigenvalue weighted by Gasteiger charge is 2.11. The van der Waals surface area contributed by atoms with Gasteiger partial charge in [0.25, 0.3) is 0 Å². The first-order valence-electron chi connectivity index (χ1n) is 4.34. The summed E-state index contributed by atoms with van der Waals surface area (Å²) in [5.41, 5.74) is 0.